The Bertz CT molecular complexity index is 156. The molecule has 64 valence electrons. The molecule has 0 radical (unpaired) electrons. The molecule has 1 fully saturated rings. The predicted octanol–water partition coefficient (Wildman–Crippen LogP) is 0.0726. The summed E-state index contributed by atoms with van der Waals surface area (Å²) in [5.41, 5.74) is 0. The first kappa shape index (κ1) is 8.53. The van der Waals surface area contributed by atoms with Crippen molar-refractivity contribution in [2.24, 2.45) is 5.92 Å². The summed E-state index contributed by atoms with van der Waals surface area (Å²) in [5, 5.41) is 2.91. The smallest absolute Gasteiger partial charge is 0.224 e. The van der Waals surface area contributed by atoms with Crippen LogP contribution in [0.1, 0.15) is 13.3 Å². The van der Waals surface area contributed by atoms with Gasteiger partial charge in [0, 0.05) is 12.6 Å². The summed E-state index contributed by atoms with van der Waals surface area (Å²) in [5.74, 6) is 0.422. The summed E-state index contributed by atoms with van der Waals surface area (Å²) in [4.78, 5) is 13.2. The molecule has 1 aliphatic heterocycles. The van der Waals surface area contributed by atoms with Crippen molar-refractivity contribution in [3.8, 4) is 0 Å². The van der Waals surface area contributed by atoms with Crippen molar-refractivity contribution in [3.05, 3.63) is 0 Å². The summed E-state index contributed by atoms with van der Waals surface area (Å²) in [7, 11) is 3.99. The van der Waals surface area contributed by atoms with E-state index in [0.717, 1.165) is 13.0 Å². The van der Waals surface area contributed by atoms with E-state index >= 15 is 0 Å². The van der Waals surface area contributed by atoms with Gasteiger partial charge in [-0.3, -0.25) is 4.79 Å². The molecule has 0 aromatic heterocycles. The second kappa shape index (κ2) is 3.22. The topological polar surface area (TPSA) is 32.3 Å². The zero-order valence-electron chi connectivity index (χ0n) is 7.42. The number of carbonyl (C=O) groups excluding carboxylic acids is 1. The largest absolute Gasteiger partial charge is 0.353 e. The Kier molecular flexibility index (Phi) is 2.49. The van der Waals surface area contributed by atoms with E-state index in [1.54, 1.807) is 0 Å². The fourth-order valence-corrected chi connectivity index (χ4v) is 1.55. The van der Waals surface area contributed by atoms with Gasteiger partial charge in [0.1, 0.15) is 0 Å². The monoisotopic (exact) mass is 156 g/mol. The first-order chi connectivity index (χ1) is 5.09. The summed E-state index contributed by atoms with van der Waals surface area (Å²) >= 11 is 0. The van der Waals surface area contributed by atoms with Crippen molar-refractivity contribution < 1.29 is 4.79 Å². The first-order valence-corrected chi connectivity index (χ1v) is 4.04. The lowest BCUT2D eigenvalue weighted by atomic mass is 10.1. The van der Waals surface area contributed by atoms with E-state index in [1.165, 1.54) is 0 Å². The Hall–Kier alpha value is -0.570. The first-order valence-electron chi connectivity index (χ1n) is 4.04. The lowest BCUT2D eigenvalue weighted by Crippen LogP contribution is -2.28. The molecule has 1 aliphatic rings. The zero-order valence-corrected chi connectivity index (χ0v) is 7.42. The van der Waals surface area contributed by atoms with Crippen LogP contribution in [-0.4, -0.2) is 37.5 Å². The Morgan fingerprint density at radius 3 is 2.64 bits per heavy atom. The summed E-state index contributed by atoms with van der Waals surface area (Å²) in [6.07, 6.45) is 0.983. The average molecular weight is 156 g/mol. The lowest BCUT2D eigenvalue weighted by Gasteiger charge is -2.12. The minimum absolute atomic E-state index is 0.208. The van der Waals surface area contributed by atoms with Crippen LogP contribution in [0.15, 0.2) is 0 Å². The van der Waals surface area contributed by atoms with Crippen LogP contribution in [0.2, 0.25) is 0 Å². The van der Waals surface area contributed by atoms with E-state index < -0.39 is 0 Å². The molecule has 0 bridgehead atoms. The van der Waals surface area contributed by atoms with E-state index in [2.05, 4.69) is 10.2 Å². The summed E-state index contributed by atoms with van der Waals surface area (Å²) < 4.78 is 0. The van der Waals surface area contributed by atoms with Gasteiger partial charge in [-0.1, -0.05) is 0 Å². The maximum Gasteiger partial charge on any atom is 0.224 e. The van der Waals surface area contributed by atoms with Gasteiger partial charge in [0.25, 0.3) is 0 Å². The Labute approximate surface area is 67.8 Å². The van der Waals surface area contributed by atoms with Crippen LogP contribution in [0, 0.1) is 5.92 Å². The van der Waals surface area contributed by atoms with Crippen molar-refractivity contribution in [2.75, 3.05) is 20.6 Å². The van der Waals surface area contributed by atoms with Crippen LogP contribution in [0.25, 0.3) is 0 Å². The van der Waals surface area contributed by atoms with Gasteiger partial charge >= 0.3 is 0 Å². The van der Waals surface area contributed by atoms with Crippen molar-refractivity contribution >= 4 is 5.91 Å². The molecule has 2 atom stereocenters. The van der Waals surface area contributed by atoms with E-state index in [1.807, 2.05) is 21.0 Å². The Balaban J connectivity index is 2.41. The van der Waals surface area contributed by atoms with Gasteiger partial charge in [0.05, 0.1) is 5.92 Å². The second-order valence-corrected chi connectivity index (χ2v) is 3.60. The van der Waals surface area contributed by atoms with Gasteiger partial charge in [0.2, 0.25) is 5.91 Å². The highest BCUT2D eigenvalue weighted by Crippen LogP contribution is 2.14. The second-order valence-electron chi connectivity index (χ2n) is 3.60. The molecule has 1 heterocycles. The van der Waals surface area contributed by atoms with Crippen LogP contribution < -0.4 is 5.32 Å². The van der Waals surface area contributed by atoms with E-state index in [0.29, 0.717) is 6.04 Å². The lowest BCUT2D eigenvalue weighted by molar-refractivity contribution is -0.122. The molecule has 1 saturated heterocycles. The molecule has 0 saturated carbocycles. The van der Waals surface area contributed by atoms with Gasteiger partial charge in [-0.2, -0.15) is 0 Å². The molecule has 0 spiro atoms. The molecule has 1 rings (SSSR count). The van der Waals surface area contributed by atoms with Gasteiger partial charge in [-0.05, 0) is 27.4 Å². The molecule has 0 aliphatic carbocycles. The van der Waals surface area contributed by atoms with Gasteiger partial charge in [-0.25, -0.2) is 0 Å². The number of nitrogens with zero attached hydrogens (tertiary/aromatic N) is 1. The third-order valence-electron chi connectivity index (χ3n) is 1.98. The fraction of sp³-hybridized carbons (Fsp3) is 0.875. The van der Waals surface area contributed by atoms with Crippen LogP contribution in [-0.2, 0) is 4.79 Å². The summed E-state index contributed by atoms with van der Waals surface area (Å²) in [6, 6.07) is 0.368. The maximum absolute atomic E-state index is 11.2. The Morgan fingerprint density at radius 2 is 2.27 bits per heavy atom. The fourth-order valence-electron chi connectivity index (χ4n) is 1.55. The Morgan fingerprint density at radius 1 is 1.64 bits per heavy atom. The van der Waals surface area contributed by atoms with Crippen molar-refractivity contribution in [3.63, 3.8) is 0 Å². The highest BCUT2D eigenvalue weighted by molar-refractivity contribution is 5.81. The molecule has 1 unspecified atom stereocenters. The number of hydrogen-bond acceptors (Lipinski definition) is 2. The van der Waals surface area contributed by atoms with Gasteiger partial charge in [0.15, 0.2) is 0 Å². The van der Waals surface area contributed by atoms with Gasteiger partial charge in [-0.15, -0.1) is 0 Å². The molecular formula is C8H16N2O. The third-order valence-corrected chi connectivity index (χ3v) is 1.98. The van der Waals surface area contributed by atoms with Crippen LogP contribution in [0.3, 0.4) is 0 Å². The van der Waals surface area contributed by atoms with Crippen LogP contribution >= 0.6 is 0 Å². The van der Waals surface area contributed by atoms with Crippen molar-refractivity contribution in [2.45, 2.75) is 19.4 Å². The van der Waals surface area contributed by atoms with Gasteiger partial charge < -0.3 is 10.2 Å². The van der Waals surface area contributed by atoms with E-state index in [4.69, 9.17) is 0 Å². The van der Waals surface area contributed by atoms with Crippen LogP contribution in [0.5, 0.6) is 0 Å². The molecular weight excluding hydrogens is 140 g/mol. The van der Waals surface area contributed by atoms with Crippen LogP contribution in [0.4, 0.5) is 0 Å². The molecule has 3 nitrogen and oxygen atoms in total. The van der Waals surface area contributed by atoms with E-state index in [-0.39, 0.29) is 11.8 Å². The minimum Gasteiger partial charge on any atom is -0.353 e. The molecule has 0 aromatic carbocycles. The summed E-state index contributed by atoms with van der Waals surface area (Å²) in [6.45, 7) is 2.92. The van der Waals surface area contributed by atoms with Crippen molar-refractivity contribution in [1.29, 1.82) is 0 Å². The number of rotatable bonds is 2. The number of amides is 1. The minimum atomic E-state index is 0.208. The van der Waals surface area contributed by atoms with E-state index in [9.17, 15) is 4.79 Å². The normalized spacial score (nSPS) is 31.1. The molecule has 3 heteroatoms. The molecule has 0 aromatic rings. The van der Waals surface area contributed by atoms with Crippen molar-refractivity contribution in [1.82, 2.24) is 10.2 Å². The predicted molar refractivity (Wildman–Crippen MR) is 44.3 cm³/mol. The SMILES string of the molecule is CC1C[C@@H](CN(C)C)C(=O)N1. The third kappa shape index (κ3) is 2.19. The number of nitrogens with one attached hydrogen (secondary N) is 1. The molecule has 1 amide bonds. The number of hydrogen-bond donors (Lipinski definition) is 1. The molecule has 11 heavy (non-hydrogen) atoms. The standard InChI is InChI=1S/C8H16N2O/c1-6-4-7(5-10(2)3)8(11)9-6/h6-7H,4-5H2,1-3H3,(H,9,11)/t6?,7-/m0/s1. The zero-order chi connectivity index (χ0) is 8.43. The highest BCUT2D eigenvalue weighted by Gasteiger charge is 2.29. The molecule has 1 N–H and O–H groups in total. The average Bonchev–Trinajstić information content (AvgIpc) is 2.09. The highest BCUT2D eigenvalue weighted by atomic mass is 16.2. The maximum atomic E-state index is 11.2. The number of carbonyl (C=O) groups is 1. The quantitative estimate of drug-likeness (QED) is 0.613.